The molecular formula is C13H14BrClN2O3S. The Bertz CT molecular complexity index is 731. The van der Waals surface area contributed by atoms with Crippen molar-refractivity contribution in [2.75, 3.05) is 7.05 Å². The Balaban J connectivity index is 2.17. The van der Waals surface area contributed by atoms with Crippen LogP contribution in [0, 0.1) is 0 Å². The standard InChI is InChI=1S/C13H14BrClN2O3S/c1-16-8-10-6-12(13(14)20-10)21(18,19)17-7-9-4-2-3-5-11(9)15/h2-6,16-17H,7-8H2,1H3. The minimum atomic E-state index is -3.68. The number of hydrogen-bond donors (Lipinski definition) is 2. The van der Waals surface area contributed by atoms with E-state index in [9.17, 15) is 8.42 Å². The molecule has 0 saturated carbocycles. The minimum Gasteiger partial charge on any atom is -0.452 e. The maximum absolute atomic E-state index is 12.3. The Hall–Kier alpha value is -0.860. The van der Waals surface area contributed by atoms with Gasteiger partial charge in [-0.05, 0) is 34.6 Å². The summed E-state index contributed by atoms with van der Waals surface area (Å²) < 4.78 is 32.6. The molecule has 2 aromatic rings. The summed E-state index contributed by atoms with van der Waals surface area (Å²) in [5, 5.41) is 3.41. The smallest absolute Gasteiger partial charge is 0.245 e. The third kappa shape index (κ3) is 4.08. The number of rotatable bonds is 6. The van der Waals surface area contributed by atoms with Crippen LogP contribution in [0.1, 0.15) is 11.3 Å². The van der Waals surface area contributed by atoms with Gasteiger partial charge in [-0.3, -0.25) is 0 Å². The second-order valence-corrected chi connectivity index (χ2v) is 7.16. The molecule has 2 N–H and O–H groups in total. The summed E-state index contributed by atoms with van der Waals surface area (Å²) in [6.07, 6.45) is 0. The zero-order valence-electron chi connectivity index (χ0n) is 11.2. The van der Waals surface area contributed by atoms with Gasteiger partial charge in [0.15, 0.2) is 4.67 Å². The van der Waals surface area contributed by atoms with E-state index in [0.717, 1.165) is 0 Å². The van der Waals surface area contributed by atoms with Crippen LogP contribution < -0.4 is 10.0 Å². The molecule has 2 rings (SSSR count). The average molecular weight is 394 g/mol. The molecule has 0 saturated heterocycles. The third-order valence-electron chi connectivity index (χ3n) is 2.76. The predicted molar refractivity (Wildman–Crippen MR) is 84.6 cm³/mol. The number of nitrogens with one attached hydrogen (secondary N) is 2. The van der Waals surface area contributed by atoms with Crippen molar-refractivity contribution in [2.24, 2.45) is 0 Å². The number of sulfonamides is 1. The zero-order chi connectivity index (χ0) is 15.5. The van der Waals surface area contributed by atoms with E-state index in [1.165, 1.54) is 6.07 Å². The van der Waals surface area contributed by atoms with Gasteiger partial charge in [0.1, 0.15) is 10.7 Å². The molecule has 0 fully saturated rings. The van der Waals surface area contributed by atoms with Crippen LogP contribution in [0.4, 0.5) is 0 Å². The second kappa shape index (κ2) is 6.93. The fourth-order valence-corrected chi connectivity index (χ4v) is 3.94. The molecule has 5 nitrogen and oxygen atoms in total. The molecule has 0 atom stereocenters. The van der Waals surface area contributed by atoms with Crippen LogP contribution in [0.5, 0.6) is 0 Å². The van der Waals surface area contributed by atoms with Gasteiger partial charge in [-0.25, -0.2) is 13.1 Å². The van der Waals surface area contributed by atoms with Crippen molar-refractivity contribution in [1.82, 2.24) is 10.0 Å². The first-order chi connectivity index (χ1) is 9.94. The van der Waals surface area contributed by atoms with E-state index in [2.05, 4.69) is 26.0 Å². The van der Waals surface area contributed by atoms with E-state index >= 15 is 0 Å². The van der Waals surface area contributed by atoms with Crippen LogP contribution in [-0.2, 0) is 23.1 Å². The Labute approximate surface area is 136 Å². The molecule has 1 aromatic heterocycles. The van der Waals surface area contributed by atoms with Crippen molar-refractivity contribution in [3.05, 3.63) is 51.3 Å². The molecule has 114 valence electrons. The molecule has 0 aliphatic carbocycles. The molecule has 8 heteroatoms. The number of hydrogen-bond acceptors (Lipinski definition) is 4. The first-order valence-electron chi connectivity index (χ1n) is 6.10. The van der Waals surface area contributed by atoms with Crippen LogP contribution in [0.2, 0.25) is 5.02 Å². The Morgan fingerprint density at radius 2 is 2.00 bits per heavy atom. The van der Waals surface area contributed by atoms with Crippen molar-refractivity contribution in [2.45, 2.75) is 18.0 Å². The molecular weight excluding hydrogens is 380 g/mol. The van der Waals surface area contributed by atoms with Gasteiger partial charge >= 0.3 is 0 Å². The summed E-state index contributed by atoms with van der Waals surface area (Å²) in [6, 6.07) is 8.55. The first kappa shape index (κ1) is 16.5. The van der Waals surface area contributed by atoms with E-state index in [-0.39, 0.29) is 16.1 Å². The molecule has 0 spiro atoms. The van der Waals surface area contributed by atoms with E-state index in [0.29, 0.717) is 22.9 Å². The minimum absolute atomic E-state index is 0.0693. The maximum atomic E-state index is 12.3. The largest absolute Gasteiger partial charge is 0.452 e. The van der Waals surface area contributed by atoms with Gasteiger partial charge in [0.25, 0.3) is 0 Å². The lowest BCUT2D eigenvalue weighted by Crippen LogP contribution is -2.23. The van der Waals surface area contributed by atoms with E-state index in [1.54, 1.807) is 31.3 Å². The molecule has 0 radical (unpaired) electrons. The van der Waals surface area contributed by atoms with Crippen LogP contribution in [0.3, 0.4) is 0 Å². The van der Waals surface area contributed by atoms with Gasteiger partial charge in [0.2, 0.25) is 10.0 Å². The van der Waals surface area contributed by atoms with Crippen molar-refractivity contribution in [1.29, 1.82) is 0 Å². The molecule has 0 bridgehead atoms. The molecule has 0 aliphatic rings. The molecule has 0 amide bonds. The first-order valence-corrected chi connectivity index (χ1v) is 8.75. The van der Waals surface area contributed by atoms with Gasteiger partial charge < -0.3 is 9.73 Å². The second-order valence-electron chi connectivity index (χ2n) is 4.30. The molecule has 0 aliphatic heterocycles. The molecule has 21 heavy (non-hydrogen) atoms. The highest BCUT2D eigenvalue weighted by molar-refractivity contribution is 9.10. The molecule has 1 aromatic carbocycles. The summed E-state index contributed by atoms with van der Waals surface area (Å²) in [5.41, 5.74) is 0.706. The lowest BCUT2D eigenvalue weighted by molar-refractivity contribution is 0.470. The van der Waals surface area contributed by atoms with E-state index < -0.39 is 10.0 Å². The Morgan fingerprint density at radius 3 is 2.67 bits per heavy atom. The summed E-state index contributed by atoms with van der Waals surface area (Å²) >= 11 is 9.13. The average Bonchev–Trinajstić information content (AvgIpc) is 2.80. The quantitative estimate of drug-likeness (QED) is 0.791. The number of benzene rings is 1. The predicted octanol–water partition coefficient (Wildman–Crippen LogP) is 2.89. The fraction of sp³-hybridized carbons (Fsp3) is 0.231. The topological polar surface area (TPSA) is 71.3 Å². The van der Waals surface area contributed by atoms with E-state index in [4.69, 9.17) is 16.0 Å². The lowest BCUT2D eigenvalue weighted by atomic mass is 10.2. The van der Waals surface area contributed by atoms with Crippen LogP contribution in [0.25, 0.3) is 0 Å². The SMILES string of the molecule is CNCc1cc(S(=O)(=O)NCc2ccccc2Cl)c(Br)o1. The van der Waals surface area contributed by atoms with Gasteiger partial charge in [0, 0.05) is 17.6 Å². The number of furan rings is 1. The Kier molecular flexibility index (Phi) is 5.45. The van der Waals surface area contributed by atoms with Gasteiger partial charge in [0.05, 0.1) is 6.54 Å². The zero-order valence-corrected chi connectivity index (χ0v) is 14.3. The highest BCUT2D eigenvalue weighted by atomic mass is 79.9. The van der Waals surface area contributed by atoms with Crippen LogP contribution in [-0.4, -0.2) is 15.5 Å². The van der Waals surface area contributed by atoms with E-state index in [1.807, 2.05) is 0 Å². The summed E-state index contributed by atoms with van der Waals surface area (Å²) in [6.45, 7) is 0.555. The van der Waals surface area contributed by atoms with Crippen LogP contribution >= 0.6 is 27.5 Å². The monoisotopic (exact) mass is 392 g/mol. The summed E-state index contributed by atoms with van der Waals surface area (Å²) in [7, 11) is -1.93. The molecule has 0 unspecified atom stereocenters. The summed E-state index contributed by atoms with van der Waals surface area (Å²) in [5.74, 6) is 0.530. The highest BCUT2D eigenvalue weighted by Gasteiger charge is 2.22. The van der Waals surface area contributed by atoms with Gasteiger partial charge in [-0.1, -0.05) is 29.8 Å². The van der Waals surface area contributed by atoms with Crippen molar-refractivity contribution in [3.63, 3.8) is 0 Å². The van der Waals surface area contributed by atoms with Gasteiger partial charge in [-0.2, -0.15) is 0 Å². The van der Waals surface area contributed by atoms with Crippen LogP contribution in [0.15, 0.2) is 44.3 Å². The summed E-state index contributed by atoms with van der Waals surface area (Å²) in [4.78, 5) is 0.0693. The Morgan fingerprint density at radius 1 is 1.29 bits per heavy atom. The van der Waals surface area contributed by atoms with Crippen molar-refractivity contribution < 1.29 is 12.8 Å². The lowest BCUT2D eigenvalue weighted by Gasteiger charge is -2.06. The van der Waals surface area contributed by atoms with Gasteiger partial charge in [-0.15, -0.1) is 0 Å². The maximum Gasteiger partial charge on any atom is 0.245 e. The highest BCUT2D eigenvalue weighted by Crippen LogP contribution is 2.26. The number of halogens is 2. The third-order valence-corrected chi connectivity index (χ3v) is 5.38. The fourth-order valence-electron chi connectivity index (χ4n) is 1.73. The normalized spacial score (nSPS) is 11.8. The van der Waals surface area contributed by atoms with Crippen molar-refractivity contribution >= 4 is 37.6 Å². The van der Waals surface area contributed by atoms with Crippen molar-refractivity contribution in [3.8, 4) is 0 Å². The molecule has 1 heterocycles.